The van der Waals surface area contributed by atoms with Gasteiger partial charge in [0, 0.05) is 17.7 Å². The van der Waals surface area contributed by atoms with Crippen molar-refractivity contribution in [2.45, 2.75) is 6.54 Å². The molecule has 0 fully saturated rings. The molecule has 0 amide bonds. The molecule has 3 aromatic rings. The minimum atomic E-state index is -0.476. The van der Waals surface area contributed by atoms with Gasteiger partial charge in [0.25, 0.3) is 5.56 Å². The lowest BCUT2D eigenvalue weighted by Crippen LogP contribution is -2.22. The predicted molar refractivity (Wildman–Crippen MR) is 90.7 cm³/mol. The molecule has 124 valence electrons. The van der Waals surface area contributed by atoms with Crippen molar-refractivity contribution in [1.82, 2.24) is 9.78 Å². The molecule has 0 bridgehead atoms. The number of nitriles is 1. The molecular weight excluding hydrogens is 321 g/mol. The van der Waals surface area contributed by atoms with Crippen molar-refractivity contribution < 1.29 is 9.13 Å². The molecule has 3 rings (SSSR count). The van der Waals surface area contributed by atoms with Crippen molar-refractivity contribution in [3.63, 3.8) is 0 Å². The van der Waals surface area contributed by atoms with Crippen LogP contribution < -0.4 is 10.3 Å². The SMILES string of the molecule is COc1ccc(-c2ccc(=O)n(Cc3ccc(C#N)cc3)n2)c(F)c1. The first kappa shape index (κ1) is 16.4. The standard InChI is InChI=1S/C19H14FN3O2/c1-25-15-6-7-16(17(20)10-15)18-8-9-19(24)23(22-18)12-14-4-2-13(11-21)3-5-14/h2-10H,12H2,1H3. The summed E-state index contributed by atoms with van der Waals surface area (Å²) in [6, 6.07) is 16.2. The van der Waals surface area contributed by atoms with Gasteiger partial charge >= 0.3 is 0 Å². The summed E-state index contributed by atoms with van der Waals surface area (Å²) in [5.74, 6) is -0.0671. The van der Waals surface area contributed by atoms with E-state index in [-0.39, 0.29) is 17.7 Å². The van der Waals surface area contributed by atoms with Gasteiger partial charge in [0.15, 0.2) is 0 Å². The number of halogens is 1. The van der Waals surface area contributed by atoms with Crippen LogP contribution >= 0.6 is 0 Å². The summed E-state index contributed by atoms with van der Waals surface area (Å²) >= 11 is 0. The highest BCUT2D eigenvalue weighted by Gasteiger charge is 2.10. The maximum absolute atomic E-state index is 14.2. The maximum Gasteiger partial charge on any atom is 0.267 e. The van der Waals surface area contributed by atoms with Gasteiger partial charge in [-0.1, -0.05) is 12.1 Å². The van der Waals surface area contributed by atoms with Crippen LogP contribution in [-0.4, -0.2) is 16.9 Å². The maximum atomic E-state index is 14.2. The fourth-order valence-corrected chi connectivity index (χ4v) is 2.39. The van der Waals surface area contributed by atoms with E-state index in [4.69, 9.17) is 10.00 Å². The molecule has 2 aromatic carbocycles. The summed E-state index contributed by atoms with van der Waals surface area (Å²) in [4.78, 5) is 12.0. The van der Waals surface area contributed by atoms with Gasteiger partial charge in [-0.3, -0.25) is 4.79 Å². The zero-order valence-corrected chi connectivity index (χ0v) is 13.4. The number of hydrogen-bond donors (Lipinski definition) is 0. The van der Waals surface area contributed by atoms with Crippen molar-refractivity contribution in [2.75, 3.05) is 7.11 Å². The lowest BCUT2D eigenvalue weighted by atomic mass is 10.1. The molecule has 0 N–H and O–H groups in total. The van der Waals surface area contributed by atoms with Crippen molar-refractivity contribution in [1.29, 1.82) is 5.26 Å². The van der Waals surface area contributed by atoms with Gasteiger partial charge in [-0.2, -0.15) is 10.4 Å². The van der Waals surface area contributed by atoms with Gasteiger partial charge in [0.1, 0.15) is 11.6 Å². The normalized spacial score (nSPS) is 10.3. The molecule has 0 spiro atoms. The molecule has 0 saturated carbocycles. The van der Waals surface area contributed by atoms with Gasteiger partial charge in [0.2, 0.25) is 0 Å². The van der Waals surface area contributed by atoms with E-state index >= 15 is 0 Å². The second-order valence-corrected chi connectivity index (χ2v) is 5.37. The van der Waals surface area contributed by atoms with Crippen molar-refractivity contribution in [3.8, 4) is 23.1 Å². The van der Waals surface area contributed by atoms with Crippen molar-refractivity contribution in [2.24, 2.45) is 0 Å². The predicted octanol–water partition coefficient (Wildman–Crippen LogP) is 2.98. The van der Waals surface area contributed by atoms with Crippen LogP contribution in [0.2, 0.25) is 0 Å². The molecule has 0 unspecified atom stereocenters. The van der Waals surface area contributed by atoms with Crippen LogP contribution in [0.4, 0.5) is 4.39 Å². The average molecular weight is 335 g/mol. The molecule has 0 atom stereocenters. The van der Waals surface area contributed by atoms with Gasteiger partial charge in [-0.25, -0.2) is 9.07 Å². The van der Waals surface area contributed by atoms with E-state index in [2.05, 4.69) is 5.10 Å². The summed E-state index contributed by atoms with van der Waals surface area (Å²) in [5.41, 5.74) is 1.71. The third kappa shape index (κ3) is 3.56. The Hall–Kier alpha value is -3.46. The smallest absolute Gasteiger partial charge is 0.267 e. The first-order chi connectivity index (χ1) is 12.1. The summed E-state index contributed by atoms with van der Waals surface area (Å²) in [6.07, 6.45) is 0. The summed E-state index contributed by atoms with van der Waals surface area (Å²) in [7, 11) is 1.46. The van der Waals surface area contributed by atoms with Gasteiger partial charge in [0.05, 0.1) is 31.0 Å². The third-order valence-corrected chi connectivity index (χ3v) is 3.73. The number of aromatic nitrogens is 2. The molecule has 0 radical (unpaired) electrons. The van der Waals surface area contributed by atoms with E-state index in [1.54, 1.807) is 36.4 Å². The van der Waals surface area contributed by atoms with Gasteiger partial charge < -0.3 is 4.74 Å². The van der Waals surface area contributed by atoms with Crippen LogP contribution in [0.3, 0.4) is 0 Å². The van der Waals surface area contributed by atoms with Crippen LogP contribution in [0.1, 0.15) is 11.1 Å². The first-order valence-corrected chi connectivity index (χ1v) is 7.52. The van der Waals surface area contributed by atoms with Crippen LogP contribution in [0.25, 0.3) is 11.3 Å². The highest BCUT2D eigenvalue weighted by Crippen LogP contribution is 2.24. The largest absolute Gasteiger partial charge is 0.497 e. The molecule has 1 aromatic heterocycles. The minimum Gasteiger partial charge on any atom is -0.497 e. The van der Waals surface area contributed by atoms with Gasteiger partial charge in [-0.05, 0) is 35.9 Å². The number of rotatable bonds is 4. The number of ether oxygens (including phenoxy) is 1. The van der Waals surface area contributed by atoms with E-state index in [1.165, 1.54) is 30.0 Å². The highest BCUT2D eigenvalue weighted by atomic mass is 19.1. The average Bonchev–Trinajstić information content (AvgIpc) is 2.64. The molecule has 5 nitrogen and oxygen atoms in total. The van der Waals surface area contributed by atoms with E-state index in [0.717, 1.165) is 5.56 Å². The zero-order chi connectivity index (χ0) is 17.8. The molecule has 0 aliphatic rings. The second kappa shape index (κ2) is 6.97. The monoisotopic (exact) mass is 335 g/mol. The van der Waals surface area contributed by atoms with Crippen molar-refractivity contribution >= 4 is 0 Å². The lowest BCUT2D eigenvalue weighted by Gasteiger charge is -2.09. The van der Waals surface area contributed by atoms with Crippen molar-refractivity contribution in [3.05, 3.63) is 81.9 Å². The Kier molecular flexibility index (Phi) is 4.57. The topological polar surface area (TPSA) is 67.9 Å². The Morgan fingerprint density at radius 2 is 1.92 bits per heavy atom. The van der Waals surface area contributed by atoms with Crippen LogP contribution in [0.5, 0.6) is 5.75 Å². The van der Waals surface area contributed by atoms with E-state index < -0.39 is 5.82 Å². The highest BCUT2D eigenvalue weighted by molar-refractivity contribution is 5.60. The molecule has 6 heteroatoms. The number of methoxy groups -OCH3 is 1. The summed E-state index contributed by atoms with van der Waals surface area (Å²) in [6.45, 7) is 0.232. The Morgan fingerprint density at radius 1 is 1.16 bits per heavy atom. The van der Waals surface area contributed by atoms with Crippen LogP contribution in [-0.2, 0) is 6.54 Å². The Bertz CT molecular complexity index is 1000. The third-order valence-electron chi connectivity index (χ3n) is 3.73. The Balaban J connectivity index is 1.95. The second-order valence-electron chi connectivity index (χ2n) is 5.37. The fourth-order valence-electron chi connectivity index (χ4n) is 2.39. The van der Waals surface area contributed by atoms with E-state index in [0.29, 0.717) is 17.0 Å². The lowest BCUT2D eigenvalue weighted by molar-refractivity contribution is 0.411. The molecule has 25 heavy (non-hydrogen) atoms. The fraction of sp³-hybridized carbons (Fsp3) is 0.105. The summed E-state index contributed by atoms with van der Waals surface area (Å²) in [5, 5.41) is 13.1. The quantitative estimate of drug-likeness (QED) is 0.735. The Labute approximate surface area is 143 Å². The van der Waals surface area contributed by atoms with Crippen LogP contribution in [0, 0.1) is 17.1 Å². The Morgan fingerprint density at radius 3 is 2.56 bits per heavy atom. The molecule has 1 heterocycles. The molecule has 0 aliphatic heterocycles. The number of hydrogen-bond acceptors (Lipinski definition) is 4. The molecular formula is C19H14FN3O2. The number of benzene rings is 2. The van der Waals surface area contributed by atoms with E-state index in [9.17, 15) is 9.18 Å². The zero-order valence-electron chi connectivity index (χ0n) is 13.4. The summed E-state index contributed by atoms with van der Waals surface area (Å²) < 4.78 is 20.5. The molecule has 0 aliphatic carbocycles. The number of nitrogens with zero attached hydrogens (tertiary/aromatic N) is 3. The first-order valence-electron chi connectivity index (χ1n) is 7.52. The van der Waals surface area contributed by atoms with Gasteiger partial charge in [-0.15, -0.1) is 0 Å². The molecule has 0 saturated heterocycles. The minimum absolute atomic E-state index is 0.232. The van der Waals surface area contributed by atoms with Crippen LogP contribution in [0.15, 0.2) is 59.4 Å². The van der Waals surface area contributed by atoms with E-state index in [1.807, 2.05) is 6.07 Å².